The van der Waals surface area contributed by atoms with Crippen molar-refractivity contribution in [2.45, 2.75) is 13.0 Å². The molecule has 5 rings (SSSR count). The van der Waals surface area contributed by atoms with Crippen molar-refractivity contribution in [1.29, 1.82) is 0 Å². The van der Waals surface area contributed by atoms with E-state index in [1.165, 1.54) is 48.6 Å². The first-order valence-electron chi connectivity index (χ1n) is 10.4. The summed E-state index contributed by atoms with van der Waals surface area (Å²) in [6.45, 7) is 1.53. The number of fused-ring (bicyclic) bond motifs is 1. The van der Waals surface area contributed by atoms with Gasteiger partial charge in [-0.2, -0.15) is 0 Å². The van der Waals surface area contributed by atoms with Gasteiger partial charge in [-0.3, -0.25) is 19.1 Å². The molecule has 0 bridgehead atoms. The molecular formula is C23H15ClFN5O5S. The van der Waals surface area contributed by atoms with Crippen LogP contribution in [0.5, 0.6) is 0 Å². The van der Waals surface area contributed by atoms with Gasteiger partial charge in [-0.25, -0.2) is 18.5 Å². The molecule has 0 fully saturated rings. The molecule has 36 heavy (non-hydrogen) atoms. The van der Waals surface area contributed by atoms with E-state index >= 15 is 0 Å². The first-order valence-corrected chi connectivity index (χ1v) is 11.6. The van der Waals surface area contributed by atoms with E-state index in [1.807, 2.05) is 0 Å². The molecule has 0 aliphatic heterocycles. The molecule has 0 saturated carbocycles. The lowest BCUT2D eigenvalue weighted by Crippen LogP contribution is -2.34. The van der Waals surface area contributed by atoms with Crippen molar-refractivity contribution in [2.24, 2.45) is 0 Å². The van der Waals surface area contributed by atoms with Crippen molar-refractivity contribution in [2.75, 3.05) is 0 Å². The van der Waals surface area contributed by atoms with Crippen molar-refractivity contribution >= 4 is 39.7 Å². The molecule has 0 radical (unpaired) electrons. The molecule has 3 aromatic heterocycles. The second-order valence-electron chi connectivity index (χ2n) is 7.79. The summed E-state index contributed by atoms with van der Waals surface area (Å²) in [5.41, 5.74) is -0.507. The van der Waals surface area contributed by atoms with Crippen molar-refractivity contribution < 1.29 is 13.7 Å². The second-order valence-corrected chi connectivity index (χ2v) is 9.54. The first kappa shape index (κ1) is 23.5. The third kappa shape index (κ3) is 4.27. The minimum absolute atomic E-state index is 0.0126. The second kappa shape index (κ2) is 9.06. The lowest BCUT2D eigenvalue weighted by molar-refractivity contribution is 0.0941. The number of nitrogens with one attached hydrogen (secondary N) is 3. The maximum absolute atomic E-state index is 14.0. The fourth-order valence-electron chi connectivity index (χ4n) is 3.68. The van der Waals surface area contributed by atoms with Crippen LogP contribution in [0.3, 0.4) is 0 Å². The molecule has 1 amide bonds. The number of halogens is 2. The molecule has 3 heterocycles. The van der Waals surface area contributed by atoms with Gasteiger partial charge in [0.05, 0.1) is 20.9 Å². The minimum Gasteiger partial charge on any atom is -0.337 e. The molecule has 2 aromatic carbocycles. The number of aromatic amines is 2. The Morgan fingerprint density at radius 1 is 1.14 bits per heavy atom. The molecule has 0 aliphatic carbocycles. The predicted octanol–water partition coefficient (Wildman–Crippen LogP) is 3.04. The summed E-state index contributed by atoms with van der Waals surface area (Å²) >= 11 is 7.20. The monoisotopic (exact) mass is 527 g/mol. The van der Waals surface area contributed by atoms with Crippen molar-refractivity contribution in [3.8, 4) is 5.69 Å². The number of carbonyl (C=O) groups is 1. The molecular weight excluding hydrogens is 513 g/mol. The van der Waals surface area contributed by atoms with Crippen LogP contribution in [0.25, 0.3) is 16.6 Å². The molecule has 0 saturated heterocycles. The Labute approximate surface area is 209 Å². The summed E-state index contributed by atoms with van der Waals surface area (Å²) in [5, 5.41) is 6.43. The SMILES string of the molecule is Cc1cc2[nH]c(=O)n(-c3ccc(C(=O)N[C@@H](c4noc(=O)[nH]4)c4ccc(Cl)s4)cc3)c(=O)c2cc1F. The molecule has 10 nitrogen and oxygen atoms in total. The lowest BCUT2D eigenvalue weighted by Gasteiger charge is -2.14. The zero-order chi connectivity index (χ0) is 25.6. The number of nitrogens with zero attached hydrogens (tertiary/aromatic N) is 2. The summed E-state index contributed by atoms with van der Waals surface area (Å²) in [6, 6.07) is 10.6. The predicted molar refractivity (Wildman–Crippen MR) is 131 cm³/mol. The van der Waals surface area contributed by atoms with Crippen molar-refractivity contribution in [3.63, 3.8) is 0 Å². The highest BCUT2D eigenvalue weighted by Gasteiger charge is 2.24. The van der Waals surface area contributed by atoms with Crippen LogP contribution < -0.4 is 22.3 Å². The third-order valence-electron chi connectivity index (χ3n) is 5.45. The topological polar surface area (TPSA) is 143 Å². The third-order valence-corrected chi connectivity index (χ3v) is 6.75. The van der Waals surface area contributed by atoms with Crippen LogP contribution in [0.4, 0.5) is 4.39 Å². The Bertz CT molecular complexity index is 1800. The molecule has 182 valence electrons. The zero-order valence-electron chi connectivity index (χ0n) is 18.3. The lowest BCUT2D eigenvalue weighted by atomic mass is 10.1. The maximum atomic E-state index is 14.0. The van der Waals surface area contributed by atoms with Crippen LogP contribution in [0.2, 0.25) is 4.34 Å². The molecule has 0 spiro atoms. The largest absolute Gasteiger partial charge is 0.438 e. The minimum atomic E-state index is -0.842. The summed E-state index contributed by atoms with van der Waals surface area (Å²) in [6.07, 6.45) is 0. The number of amides is 1. The fourth-order valence-corrected chi connectivity index (χ4v) is 4.80. The molecule has 1 atom stereocenters. The van der Waals surface area contributed by atoms with Gasteiger partial charge >= 0.3 is 11.4 Å². The summed E-state index contributed by atoms with van der Waals surface area (Å²) < 4.78 is 19.9. The Morgan fingerprint density at radius 3 is 2.53 bits per heavy atom. The van der Waals surface area contributed by atoms with Crippen LogP contribution in [-0.4, -0.2) is 25.6 Å². The van der Waals surface area contributed by atoms with Gasteiger partial charge < -0.3 is 10.3 Å². The summed E-state index contributed by atoms with van der Waals surface area (Å²) in [4.78, 5) is 55.6. The first-order chi connectivity index (χ1) is 17.2. The van der Waals surface area contributed by atoms with Gasteiger partial charge in [0.25, 0.3) is 11.5 Å². The zero-order valence-corrected chi connectivity index (χ0v) is 19.9. The Balaban J connectivity index is 1.47. The van der Waals surface area contributed by atoms with Crippen LogP contribution >= 0.6 is 22.9 Å². The Morgan fingerprint density at radius 2 is 1.89 bits per heavy atom. The smallest absolute Gasteiger partial charge is 0.337 e. The number of rotatable bonds is 5. The average Bonchev–Trinajstić information content (AvgIpc) is 3.47. The molecule has 0 aliphatic rings. The highest BCUT2D eigenvalue weighted by molar-refractivity contribution is 7.16. The molecule has 0 unspecified atom stereocenters. The number of hydrogen-bond acceptors (Lipinski definition) is 7. The van der Waals surface area contributed by atoms with Gasteiger partial charge in [0, 0.05) is 10.4 Å². The summed E-state index contributed by atoms with van der Waals surface area (Å²) in [5.74, 6) is -1.80. The van der Waals surface area contributed by atoms with Crippen LogP contribution in [0, 0.1) is 12.7 Å². The molecule has 13 heteroatoms. The number of H-pyrrole nitrogens is 2. The Hall–Kier alpha value is -4.29. The molecule has 5 aromatic rings. The number of thiophene rings is 1. The van der Waals surface area contributed by atoms with E-state index in [-0.39, 0.29) is 28.0 Å². The van der Waals surface area contributed by atoms with Gasteiger partial charge in [0.1, 0.15) is 11.9 Å². The van der Waals surface area contributed by atoms with Gasteiger partial charge in [-0.05, 0) is 61.0 Å². The van der Waals surface area contributed by atoms with E-state index in [1.54, 1.807) is 12.1 Å². The van der Waals surface area contributed by atoms with Gasteiger partial charge in [0.15, 0.2) is 5.82 Å². The standard InChI is InChI=1S/C23H15ClFN5O5S/c1-10-8-15-13(9-14(10)25)21(32)30(22(33)26-15)12-4-2-11(3-5-12)20(31)27-18(16-6-7-17(24)36-16)19-28-23(34)35-29-19/h2-9,18H,1H3,(H,26,33)(H,27,31)(H,28,29,34)/t18-/m1/s1. The van der Waals surface area contributed by atoms with Crippen LogP contribution in [0.15, 0.2) is 67.4 Å². The van der Waals surface area contributed by atoms with E-state index < -0.39 is 34.8 Å². The number of hydrogen-bond donors (Lipinski definition) is 3. The number of carbonyl (C=O) groups excluding carboxylic acids is 1. The Kier molecular flexibility index (Phi) is 5.90. The quantitative estimate of drug-likeness (QED) is 0.320. The van der Waals surface area contributed by atoms with E-state index in [0.717, 1.165) is 10.6 Å². The number of aromatic nitrogens is 4. The van der Waals surface area contributed by atoms with E-state index in [4.69, 9.17) is 11.6 Å². The highest BCUT2D eigenvalue weighted by Crippen LogP contribution is 2.29. The van der Waals surface area contributed by atoms with Crippen LogP contribution in [-0.2, 0) is 0 Å². The van der Waals surface area contributed by atoms with E-state index in [9.17, 15) is 23.6 Å². The summed E-state index contributed by atoms with van der Waals surface area (Å²) in [7, 11) is 0. The fraction of sp³-hybridized carbons (Fsp3) is 0.0870. The normalized spacial score (nSPS) is 12.1. The molecule has 3 N–H and O–H groups in total. The van der Waals surface area contributed by atoms with Crippen LogP contribution in [0.1, 0.15) is 32.7 Å². The van der Waals surface area contributed by atoms with Crippen molar-refractivity contribution in [1.82, 2.24) is 25.0 Å². The van der Waals surface area contributed by atoms with Crippen molar-refractivity contribution in [3.05, 3.63) is 112 Å². The van der Waals surface area contributed by atoms with E-state index in [0.29, 0.717) is 14.8 Å². The van der Waals surface area contributed by atoms with Gasteiger partial charge in [0.2, 0.25) is 0 Å². The number of aryl methyl sites for hydroxylation is 1. The number of benzene rings is 2. The van der Waals surface area contributed by atoms with Gasteiger partial charge in [-0.1, -0.05) is 16.8 Å². The highest BCUT2D eigenvalue weighted by atomic mass is 35.5. The maximum Gasteiger partial charge on any atom is 0.438 e. The average molecular weight is 528 g/mol. The van der Waals surface area contributed by atoms with E-state index in [2.05, 4.69) is 25.0 Å². The van der Waals surface area contributed by atoms with Gasteiger partial charge in [-0.15, -0.1) is 11.3 Å².